The molecule has 0 aromatic heterocycles. The van der Waals surface area contributed by atoms with Crippen molar-refractivity contribution in [2.45, 2.75) is 31.6 Å². The third-order valence-electron chi connectivity index (χ3n) is 5.02. The Morgan fingerprint density at radius 3 is 2.57 bits per heavy atom. The molecule has 1 atom stereocenters. The van der Waals surface area contributed by atoms with E-state index in [9.17, 15) is 22.4 Å². The highest BCUT2D eigenvalue weighted by Gasteiger charge is 2.30. The van der Waals surface area contributed by atoms with Crippen molar-refractivity contribution in [3.8, 4) is 5.75 Å². The van der Waals surface area contributed by atoms with Gasteiger partial charge in [-0.15, -0.1) is 0 Å². The predicted octanol–water partition coefficient (Wildman–Crippen LogP) is 5.33. The maximum absolute atomic E-state index is 14.1. The van der Waals surface area contributed by atoms with Crippen LogP contribution >= 0.6 is 11.6 Å². The number of likely N-dealkylation sites (tertiary alicyclic amines) is 1. The van der Waals surface area contributed by atoms with E-state index in [1.54, 1.807) is 0 Å². The molecule has 1 fully saturated rings. The number of carbonyl (C=O) groups excluding carboxylic acids is 1. The van der Waals surface area contributed by atoms with Crippen molar-refractivity contribution >= 4 is 17.6 Å². The fourth-order valence-electron chi connectivity index (χ4n) is 3.42. The average Bonchev–Trinajstić information content (AvgIpc) is 3.14. The lowest BCUT2D eigenvalue weighted by atomic mass is 10.1. The summed E-state index contributed by atoms with van der Waals surface area (Å²) in [7, 11) is 1.14. The topological polar surface area (TPSA) is 38.8 Å². The minimum Gasteiger partial charge on any atom is -0.490 e. The van der Waals surface area contributed by atoms with E-state index in [-0.39, 0.29) is 29.0 Å². The van der Waals surface area contributed by atoms with Crippen molar-refractivity contribution in [2.75, 3.05) is 20.3 Å². The summed E-state index contributed by atoms with van der Waals surface area (Å²) in [6.07, 6.45) is -2.61. The number of hydrogen-bond donors (Lipinski definition) is 0. The molecule has 1 aliphatic heterocycles. The van der Waals surface area contributed by atoms with E-state index >= 15 is 0 Å². The van der Waals surface area contributed by atoms with Gasteiger partial charge in [0.25, 0.3) is 0 Å². The molecular formula is C21H20ClF4NO3. The number of halogens is 5. The van der Waals surface area contributed by atoms with Crippen LogP contribution in [0, 0.1) is 5.82 Å². The first kappa shape index (κ1) is 22.4. The van der Waals surface area contributed by atoms with Crippen LogP contribution in [0.4, 0.5) is 17.6 Å². The van der Waals surface area contributed by atoms with Crippen LogP contribution in [-0.4, -0.2) is 37.2 Å². The van der Waals surface area contributed by atoms with Gasteiger partial charge in [-0.2, -0.15) is 13.2 Å². The van der Waals surface area contributed by atoms with Crippen LogP contribution in [0.25, 0.3) is 0 Å². The second-order valence-electron chi connectivity index (χ2n) is 7.03. The summed E-state index contributed by atoms with van der Waals surface area (Å²) in [6.45, 7) is 1.49. The number of methoxy groups -OCH3 is 1. The number of rotatable bonds is 6. The van der Waals surface area contributed by atoms with E-state index < -0.39 is 23.5 Å². The maximum Gasteiger partial charge on any atom is 0.416 e. The van der Waals surface area contributed by atoms with Gasteiger partial charge in [0.15, 0.2) is 0 Å². The van der Waals surface area contributed by atoms with Crippen molar-refractivity contribution in [3.05, 3.63) is 63.9 Å². The van der Waals surface area contributed by atoms with Gasteiger partial charge in [-0.05, 0) is 43.1 Å². The second kappa shape index (κ2) is 9.22. The molecule has 1 saturated heterocycles. The molecule has 0 radical (unpaired) electrons. The van der Waals surface area contributed by atoms with Crippen LogP contribution in [0.5, 0.6) is 5.75 Å². The van der Waals surface area contributed by atoms with Gasteiger partial charge < -0.3 is 9.47 Å². The van der Waals surface area contributed by atoms with E-state index in [1.807, 2.05) is 0 Å². The molecule has 1 heterocycles. The summed E-state index contributed by atoms with van der Waals surface area (Å²) in [4.78, 5) is 13.6. The molecule has 0 amide bonds. The Balaban J connectivity index is 1.63. The van der Waals surface area contributed by atoms with Crippen LogP contribution in [0.1, 0.15) is 34.3 Å². The van der Waals surface area contributed by atoms with Gasteiger partial charge in [-0.25, -0.2) is 9.18 Å². The summed E-state index contributed by atoms with van der Waals surface area (Å²) in [5, 5.41) is 0.0871. The third-order valence-corrected chi connectivity index (χ3v) is 5.32. The molecule has 162 valence electrons. The van der Waals surface area contributed by atoms with Crippen LogP contribution in [0.15, 0.2) is 36.4 Å². The van der Waals surface area contributed by atoms with Crippen LogP contribution in [-0.2, 0) is 17.5 Å². The van der Waals surface area contributed by atoms with Crippen LogP contribution in [0.3, 0.4) is 0 Å². The molecule has 0 N–H and O–H groups in total. The van der Waals surface area contributed by atoms with E-state index in [4.69, 9.17) is 16.3 Å². The molecule has 0 bridgehead atoms. The van der Waals surface area contributed by atoms with Crippen molar-refractivity contribution in [1.82, 2.24) is 4.90 Å². The molecule has 0 saturated carbocycles. The maximum atomic E-state index is 14.1. The van der Waals surface area contributed by atoms with E-state index in [0.29, 0.717) is 6.54 Å². The molecule has 0 aliphatic carbocycles. The third kappa shape index (κ3) is 5.23. The van der Waals surface area contributed by atoms with Gasteiger partial charge in [0.1, 0.15) is 18.2 Å². The van der Waals surface area contributed by atoms with Gasteiger partial charge >= 0.3 is 12.1 Å². The summed E-state index contributed by atoms with van der Waals surface area (Å²) < 4.78 is 62.4. The Bertz CT molecular complexity index is 902. The Morgan fingerprint density at radius 1 is 1.23 bits per heavy atom. The molecule has 4 nitrogen and oxygen atoms in total. The smallest absolute Gasteiger partial charge is 0.416 e. The molecule has 3 rings (SSSR count). The molecule has 9 heteroatoms. The van der Waals surface area contributed by atoms with E-state index in [1.165, 1.54) is 12.1 Å². The van der Waals surface area contributed by atoms with Crippen molar-refractivity contribution in [2.24, 2.45) is 0 Å². The number of ether oxygens (including phenoxy) is 2. The highest BCUT2D eigenvalue weighted by Crippen LogP contribution is 2.31. The Kier molecular flexibility index (Phi) is 6.88. The fourth-order valence-corrected chi connectivity index (χ4v) is 3.64. The monoisotopic (exact) mass is 445 g/mol. The molecule has 2 aromatic carbocycles. The van der Waals surface area contributed by atoms with Crippen molar-refractivity contribution < 1.29 is 31.8 Å². The first-order chi connectivity index (χ1) is 14.2. The summed E-state index contributed by atoms with van der Waals surface area (Å²) in [5.74, 6) is -1.52. The number of hydrogen-bond acceptors (Lipinski definition) is 4. The first-order valence-electron chi connectivity index (χ1n) is 9.29. The van der Waals surface area contributed by atoms with E-state index in [0.717, 1.165) is 56.3 Å². The van der Waals surface area contributed by atoms with Gasteiger partial charge in [-0.1, -0.05) is 23.7 Å². The Hall–Kier alpha value is -2.32. The fraction of sp³-hybridized carbons (Fsp3) is 0.381. The minimum atomic E-state index is -4.36. The van der Waals surface area contributed by atoms with Crippen molar-refractivity contribution in [1.29, 1.82) is 0 Å². The molecular weight excluding hydrogens is 426 g/mol. The zero-order valence-corrected chi connectivity index (χ0v) is 16.9. The zero-order valence-electron chi connectivity index (χ0n) is 16.1. The van der Waals surface area contributed by atoms with Gasteiger partial charge in [-0.3, -0.25) is 4.90 Å². The number of esters is 1. The summed E-state index contributed by atoms with van der Waals surface area (Å²) >= 11 is 6.10. The van der Waals surface area contributed by atoms with Crippen LogP contribution in [0.2, 0.25) is 5.02 Å². The molecule has 30 heavy (non-hydrogen) atoms. The van der Waals surface area contributed by atoms with Crippen LogP contribution < -0.4 is 4.74 Å². The zero-order chi connectivity index (χ0) is 21.9. The highest BCUT2D eigenvalue weighted by atomic mass is 35.5. The Morgan fingerprint density at radius 2 is 1.93 bits per heavy atom. The SMILES string of the molecule is COC(=O)c1cc(Cl)c(OC[C@H]2CCCN2Cc2ccc(C(F)(F)F)cc2)cc1F. The molecule has 1 aliphatic rings. The number of nitrogens with zero attached hydrogens (tertiary/aromatic N) is 1. The standard InChI is InChI=1S/C21H20ClF4NO3/c1-29-20(28)16-9-17(22)19(10-18(16)23)30-12-15-3-2-8-27(15)11-13-4-6-14(7-5-13)21(24,25)26/h4-7,9-10,15H,2-3,8,11-12H2,1H3/t15-/m1/s1. The second-order valence-corrected chi connectivity index (χ2v) is 7.43. The van der Waals surface area contributed by atoms with E-state index in [2.05, 4.69) is 9.64 Å². The minimum absolute atomic E-state index is 0.00621. The lowest BCUT2D eigenvalue weighted by molar-refractivity contribution is -0.137. The molecule has 2 aromatic rings. The lowest BCUT2D eigenvalue weighted by Gasteiger charge is -2.25. The largest absolute Gasteiger partial charge is 0.490 e. The Labute approximate surface area is 176 Å². The molecule has 0 spiro atoms. The van der Waals surface area contributed by atoms with Gasteiger partial charge in [0.2, 0.25) is 0 Å². The highest BCUT2D eigenvalue weighted by molar-refractivity contribution is 6.32. The number of alkyl halides is 3. The van der Waals surface area contributed by atoms with Gasteiger partial charge in [0.05, 0.1) is 23.3 Å². The summed E-state index contributed by atoms with van der Waals surface area (Å²) in [5.41, 5.74) is -0.194. The quantitative estimate of drug-likeness (QED) is 0.445. The first-order valence-corrected chi connectivity index (χ1v) is 9.67. The number of benzene rings is 2. The normalized spacial score (nSPS) is 17.2. The lowest BCUT2D eigenvalue weighted by Crippen LogP contribution is -2.33. The summed E-state index contributed by atoms with van der Waals surface area (Å²) in [6, 6.07) is 7.29. The van der Waals surface area contributed by atoms with Crippen molar-refractivity contribution in [3.63, 3.8) is 0 Å². The van der Waals surface area contributed by atoms with Gasteiger partial charge in [0, 0.05) is 18.7 Å². The average molecular weight is 446 g/mol. The predicted molar refractivity (Wildman–Crippen MR) is 103 cm³/mol. The number of carbonyl (C=O) groups is 1. The molecule has 0 unspecified atom stereocenters.